The Labute approximate surface area is 223 Å². The van der Waals surface area contributed by atoms with Crippen LogP contribution in [0.15, 0.2) is 60.9 Å². The van der Waals surface area contributed by atoms with Crippen LogP contribution in [-0.4, -0.2) is 15.9 Å². The molecule has 0 saturated heterocycles. The van der Waals surface area contributed by atoms with E-state index in [1.54, 1.807) is 12.1 Å². The van der Waals surface area contributed by atoms with Crippen molar-refractivity contribution in [2.45, 2.75) is 97.8 Å². The summed E-state index contributed by atoms with van der Waals surface area (Å²) >= 11 is 0. The Balaban J connectivity index is 1.42. The lowest BCUT2D eigenvalue weighted by atomic mass is 9.98. The van der Waals surface area contributed by atoms with E-state index in [1.165, 1.54) is 68.9 Å². The van der Waals surface area contributed by atoms with Crippen molar-refractivity contribution in [3.63, 3.8) is 0 Å². The van der Waals surface area contributed by atoms with Crippen molar-refractivity contribution in [1.82, 2.24) is 9.97 Å². The molecular formula is C33H44N2O2. The molecule has 0 radical (unpaired) electrons. The maximum absolute atomic E-state index is 12.5. The van der Waals surface area contributed by atoms with Crippen molar-refractivity contribution >= 4 is 5.97 Å². The van der Waals surface area contributed by atoms with E-state index in [2.05, 4.69) is 30.7 Å². The third kappa shape index (κ3) is 10.1. The molecular weight excluding hydrogens is 456 g/mol. The summed E-state index contributed by atoms with van der Waals surface area (Å²) in [4.78, 5) is 21.7. The molecule has 4 nitrogen and oxygen atoms in total. The van der Waals surface area contributed by atoms with E-state index in [9.17, 15) is 4.79 Å². The van der Waals surface area contributed by atoms with Gasteiger partial charge in [0, 0.05) is 18.0 Å². The highest BCUT2D eigenvalue weighted by molar-refractivity contribution is 5.91. The molecule has 0 amide bonds. The van der Waals surface area contributed by atoms with Crippen LogP contribution in [0.4, 0.5) is 0 Å². The standard InChI is InChI=1S/C33H44N2O2/c1-4-6-7-8-9-10-11-12-13-14-28-24-34-32(35-25-28)29-19-21-31(22-20-29)37-33(36)30-17-15-27(16-18-30)23-26(3)5-2/h15-22,24-26H,4-14,23H2,1-3H3/t26-/m0/s1. The lowest BCUT2D eigenvalue weighted by Crippen LogP contribution is -2.08. The SMILES string of the molecule is CCCCCCCCCCCc1cnc(-c2ccc(OC(=O)c3ccc(C[C@@H](C)CC)cc3)cc2)nc1. The van der Waals surface area contributed by atoms with Gasteiger partial charge < -0.3 is 4.74 Å². The third-order valence-electron chi connectivity index (χ3n) is 7.07. The number of nitrogens with zero attached hydrogens (tertiary/aromatic N) is 2. The minimum atomic E-state index is -0.347. The lowest BCUT2D eigenvalue weighted by molar-refractivity contribution is 0.0735. The van der Waals surface area contributed by atoms with Crippen LogP contribution in [0.2, 0.25) is 0 Å². The van der Waals surface area contributed by atoms with Gasteiger partial charge in [0.05, 0.1) is 5.56 Å². The second-order valence-corrected chi connectivity index (χ2v) is 10.3. The maximum Gasteiger partial charge on any atom is 0.343 e. The summed E-state index contributed by atoms with van der Waals surface area (Å²) in [6.07, 6.45) is 19.1. The van der Waals surface area contributed by atoms with E-state index >= 15 is 0 Å². The van der Waals surface area contributed by atoms with Gasteiger partial charge >= 0.3 is 5.97 Å². The number of aromatic nitrogens is 2. The zero-order chi connectivity index (χ0) is 26.3. The molecule has 0 N–H and O–H groups in total. The topological polar surface area (TPSA) is 52.1 Å². The van der Waals surface area contributed by atoms with Crippen molar-refractivity contribution in [3.05, 3.63) is 77.6 Å². The molecule has 0 unspecified atom stereocenters. The highest BCUT2D eigenvalue weighted by atomic mass is 16.5. The Hall–Kier alpha value is -3.01. The Morgan fingerprint density at radius 3 is 1.95 bits per heavy atom. The van der Waals surface area contributed by atoms with Crippen molar-refractivity contribution in [3.8, 4) is 17.1 Å². The predicted octanol–water partition coefficient (Wildman–Crippen LogP) is 9.02. The van der Waals surface area contributed by atoms with Crippen LogP contribution in [0.25, 0.3) is 11.4 Å². The normalized spacial score (nSPS) is 11.9. The Morgan fingerprint density at radius 1 is 0.757 bits per heavy atom. The lowest BCUT2D eigenvalue weighted by Gasteiger charge is -2.09. The minimum absolute atomic E-state index is 0.347. The smallest absolute Gasteiger partial charge is 0.343 e. The van der Waals surface area contributed by atoms with Crippen LogP contribution in [0.5, 0.6) is 5.75 Å². The zero-order valence-corrected chi connectivity index (χ0v) is 23.0. The highest BCUT2D eigenvalue weighted by Gasteiger charge is 2.10. The Kier molecular flexibility index (Phi) is 12.3. The van der Waals surface area contributed by atoms with Crippen LogP contribution in [-0.2, 0) is 12.8 Å². The van der Waals surface area contributed by atoms with Gasteiger partial charge in [0.1, 0.15) is 5.75 Å². The molecule has 3 rings (SSSR count). The first-order valence-corrected chi connectivity index (χ1v) is 14.3. The Bertz CT molecular complexity index is 1040. The van der Waals surface area contributed by atoms with Crippen LogP contribution in [0.1, 0.15) is 106 Å². The summed E-state index contributed by atoms with van der Waals surface area (Å²) in [5.41, 5.74) is 3.90. The van der Waals surface area contributed by atoms with Gasteiger partial charge in [0.15, 0.2) is 5.82 Å². The van der Waals surface area contributed by atoms with E-state index in [4.69, 9.17) is 4.74 Å². The molecule has 0 fully saturated rings. The second kappa shape index (κ2) is 16.0. The summed E-state index contributed by atoms with van der Waals surface area (Å²) in [5.74, 6) is 1.49. The van der Waals surface area contributed by atoms with Gasteiger partial charge in [-0.15, -0.1) is 0 Å². The summed E-state index contributed by atoms with van der Waals surface area (Å²) in [6.45, 7) is 6.70. The number of unbranched alkanes of at least 4 members (excludes halogenated alkanes) is 8. The van der Waals surface area contributed by atoms with Crippen molar-refractivity contribution in [2.24, 2.45) is 5.92 Å². The summed E-state index contributed by atoms with van der Waals surface area (Å²) in [7, 11) is 0. The molecule has 0 spiro atoms. The molecule has 37 heavy (non-hydrogen) atoms. The first kappa shape index (κ1) is 28.6. The maximum atomic E-state index is 12.5. The number of hydrogen-bond acceptors (Lipinski definition) is 4. The molecule has 1 heterocycles. The van der Waals surface area contributed by atoms with Crippen molar-refractivity contribution in [1.29, 1.82) is 0 Å². The van der Waals surface area contributed by atoms with E-state index in [1.807, 2.05) is 48.8 Å². The predicted molar refractivity (Wildman–Crippen MR) is 153 cm³/mol. The molecule has 0 bridgehead atoms. The fourth-order valence-electron chi connectivity index (χ4n) is 4.43. The first-order valence-electron chi connectivity index (χ1n) is 14.3. The van der Waals surface area contributed by atoms with Gasteiger partial charge in [-0.3, -0.25) is 0 Å². The molecule has 1 atom stereocenters. The average Bonchev–Trinajstić information content (AvgIpc) is 2.93. The van der Waals surface area contributed by atoms with Gasteiger partial charge in [-0.1, -0.05) is 90.7 Å². The summed E-state index contributed by atoms with van der Waals surface area (Å²) < 4.78 is 5.57. The molecule has 0 saturated carbocycles. The van der Waals surface area contributed by atoms with Gasteiger partial charge in [0.25, 0.3) is 0 Å². The fraction of sp³-hybridized carbons (Fsp3) is 0.485. The number of hydrogen-bond donors (Lipinski definition) is 0. The monoisotopic (exact) mass is 500 g/mol. The van der Waals surface area contributed by atoms with E-state index < -0.39 is 0 Å². The molecule has 1 aromatic heterocycles. The summed E-state index contributed by atoms with van der Waals surface area (Å²) in [6, 6.07) is 15.1. The molecule has 198 valence electrons. The number of ether oxygens (including phenoxy) is 1. The second-order valence-electron chi connectivity index (χ2n) is 10.3. The van der Waals surface area contributed by atoms with E-state index in [-0.39, 0.29) is 5.97 Å². The van der Waals surface area contributed by atoms with Gasteiger partial charge in [-0.05, 0) is 72.7 Å². The van der Waals surface area contributed by atoms with Crippen LogP contribution in [0.3, 0.4) is 0 Å². The highest BCUT2D eigenvalue weighted by Crippen LogP contribution is 2.21. The zero-order valence-electron chi connectivity index (χ0n) is 23.0. The van der Waals surface area contributed by atoms with Crippen LogP contribution < -0.4 is 4.74 Å². The largest absolute Gasteiger partial charge is 0.423 e. The molecule has 0 aliphatic carbocycles. The van der Waals surface area contributed by atoms with Gasteiger partial charge in [-0.25, -0.2) is 14.8 Å². The molecule has 2 aromatic carbocycles. The molecule has 4 heteroatoms. The summed E-state index contributed by atoms with van der Waals surface area (Å²) in [5, 5.41) is 0. The van der Waals surface area contributed by atoms with Crippen LogP contribution >= 0.6 is 0 Å². The quantitative estimate of drug-likeness (QED) is 0.112. The van der Waals surface area contributed by atoms with E-state index in [0.29, 0.717) is 23.1 Å². The molecule has 0 aliphatic heterocycles. The number of aryl methyl sites for hydroxylation is 1. The molecule has 3 aromatic rings. The average molecular weight is 501 g/mol. The van der Waals surface area contributed by atoms with Gasteiger partial charge in [-0.2, -0.15) is 0 Å². The van der Waals surface area contributed by atoms with Crippen molar-refractivity contribution in [2.75, 3.05) is 0 Å². The van der Waals surface area contributed by atoms with E-state index in [0.717, 1.165) is 24.8 Å². The Morgan fingerprint density at radius 2 is 1.35 bits per heavy atom. The minimum Gasteiger partial charge on any atom is -0.423 e. The number of carbonyl (C=O) groups excluding carboxylic acids is 1. The van der Waals surface area contributed by atoms with Crippen molar-refractivity contribution < 1.29 is 9.53 Å². The third-order valence-corrected chi connectivity index (χ3v) is 7.07. The number of esters is 1. The number of rotatable bonds is 16. The first-order chi connectivity index (χ1) is 18.1. The van der Waals surface area contributed by atoms with Crippen LogP contribution in [0, 0.1) is 5.92 Å². The van der Waals surface area contributed by atoms with Gasteiger partial charge in [0.2, 0.25) is 0 Å². The fourth-order valence-corrected chi connectivity index (χ4v) is 4.43. The number of carbonyl (C=O) groups is 1. The number of benzene rings is 2. The molecule has 0 aliphatic rings.